The van der Waals surface area contributed by atoms with Crippen LogP contribution in [0, 0.1) is 12.8 Å². The molecular weight excluding hydrogens is 436 g/mol. The number of nitrogens with zero attached hydrogens (tertiary/aromatic N) is 1. The summed E-state index contributed by atoms with van der Waals surface area (Å²) in [4.78, 5) is 12.5. The number of nitrogens with one attached hydrogen (secondary N) is 1. The highest BCUT2D eigenvalue weighted by Gasteiger charge is 2.19. The highest BCUT2D eigenvalue weighted by molar-refractivity contribution is 7.82. The van der Waals surface area contributed by atoms with Crippen LogP contribution in [0.5, 0.6) is 0 Å². The van der Waals surface area contributed by atoms with Crippen molar-refractivity contribution in [2.75, 3.05) is 19.6 Å². The van der Waals surface area contributed by atoms with Gasteiger partial charge in [0.15, 0.2) is 0 Å². The van der Waals surface area contributed by atoms with E-state index in [0.717, 1.165) is 15.9 Å². The largest absolute Gasteiger partial charge is 0.464 e. The van der Waals surface area contributed by atoms with E-state index in [1.807, 2.05) is 67.5 Å². The number of ether oxygens (including phenoxy) is 1. The molecule has 3 rings (SSSR count). The summed E-state index contributed by atoms with van der Waals surface area (Å²) in [6, 6.07) is 17.6. The topological polar surface area (TPSA) is 71.8 Å². The van der Waals surface area contributed by atoms with Crippen molar-refractivity contribution in [3.8, 4) is 0 Å². The van der Waals surface area contributed by atoms with E-state index in [1.54, 1.807) is 6.26 Å². The zero-order chi connectivity index (χ0) is 24.4. The molecule has 1 N–H and O–H groups in total. The lowest BCUT2D eigenvalue weighted by Gasteiger charge is -2.24. The fraction of sp³-hybridized carbons (Fsp3) is 0.423. The molecule has 0 aliphatic heterocycles. The van der Waals surface area contributed by atoms with Gasteiger partial charge in [0.1, 0.15) is 22.2 Å². The Morgan fingerprint density at radius 1 is 1.15 bits per heavy atom. The van der Waals surface area contributed by atoms with Crippen molar-refractivity contribution in [2.24, 2.45) is 5.92 Å². The first-order valence-corrected chi connectivity index (χ1v) is 12.3. The number of carbonyl (C=O) groups is 1. The van der Waals surface area contributed by atoms with Gasteiger partial charge in [-0.2, -0.15) is 0 Å². The Labute approximate surface area is 201 Å². The molecule has 7 heteroatoms. The van der Waals surface area contributed by atoms with Gasteiger partial charge in [-0.1, -0.05) is 49.7 Å². The number of fused-ring (bicyclic) bond motifs is 1. The zero-order valence-corrected chi connectivity index (χ0v) is 21.3. The molecule has 0 spiro atoms. The molecule has 2 aromatic carbocycles. The molecule has 0 saturated carbocycles. The fourth-order valence-corrected chi connectivity index (χ4v) is 4.38. The third kappa shape index (κ3) is 9.80. The van der Waals surface area contributed by atoms with Crippen LogP contribution in [0.1, 0.15) is 41.6 Å². The maximum absolute atomic E-state index is 13.0. The zero-order valence-electron chi connectivity index (χ0n) is 20.5. The lowest BCUT2D eigenvalue weighted by atomic mass is 10.2. The number of hydrogen-bond acceptors (Lipinski definition) is 4. The van der Waals surface area contributed by atoms with E-state index < -0.39 is 22.7 Å². The summed E-state index contributed by atoms with van der Waals surface area (Å²) in [5.41, 5.74) is 1.56. The van der Waals surface area contributed by atoms with Gasteiger partial charge in [0.2, 0.25) is 0 Å². The number of carbonyl (C=O) groups excluding carboxylic acids is 1. The van der Waals surface area contributed by atoms with Crippen LogP contribution < -0.4 is 5.32 Å². The SMILES string of the molecule is CC(C)CN(CCNC(=O)OC(C)(C)C)S(=O)c1ccc2occc2c1.Cc1ccccc1.[HH]. The molecule has 0 fully saturated rings. The van der Waals surface area contributed by atoms with Crippen molar-refractivity contribution in [1.82, 2.24) is 9.62 Å². The summed E-state index contributed by atoms with van der Waals surface area (Å²) in [5.74, 6) is 0.345. The second kappa shape index (κ2) is 12.6. The first kappa shape index (κ1) is 26.6. The highest BCUT2D eigenvalue weighted by Crippen LogP contribution is 2.21. The molecule has 0 aliphatic rings. The Morgan fingerprint density at radius 3 is 2.42 bits per heavy atom. The van der Waals surface area contributed by atoms with Gasteiger partial charge >= 0.3 is 6.09 Å². The third-order valence-corrected chi connectivity index (χ3v) is 5.86. The molecule has 182 valence electrons. The Bertz CT molecular complexity index is 1030. The maximum Gasteiger partial charge on any atom is 0.407 e. The van der Waals surface area contributed by atoms with Crippen molar-refractivity contribution >= 4 is 28.0 Å². The smallest absolute Gasteiger partial charge is 0.407 e. The lowest BCUT2D eigenvalue weighted by Crippen LogP contribution is -2.39. The molecule has 6 nitrogen and oxygen atoms in total. The van der Waals surface area contributed by atoms with Gasteiger partial charge in [-0.25, -0.2) is 13.3 Å². The first-order valence-electron chi connectivity index (χ1n) is 11.2. The van der Waals surface area contributed by atoms with Gasteiger partial charge in [0.05, 0.1) is 11.2 Å². The number of rotatable bonds is 7. The van der Waals surface area contributed by atoms with Gasteiger partial charge < -0.3 is 14.5 Å². The summed E-state index contributed by atoms with van der Waals surface area (Å²) >= 11 is 0. The van der Waals surface area contributed by atoms with Crippen LogP contribution in [0.4, 0.5) is 4.79 Å². The number of aryl methyl sites for hydroxylation is 1. The third-order valence-electron chi connectivity index (χ3n) is 4.40. The van der Waals surface area contributed by atoms with Crippen LogP contribution in [0.15, 0.2) is 70.2 Å². The number of furan rings is 1. The number of benzene rings is 2. The van der Waals surface area contributed by atoms with E-state index in [0.29, 0.717) is 25.6 Å². The standard InChI is InChI=1S/C19H28N2O4S.C7H8.H2/c1-14(2)13-21(10-9-20-18(22)25-19(3,4)5)26(23)16-6-7-17-15(12-16)8-11-24-17;1-7-5-3-2-4-6-7;/h6-8,11-12,14H,9-10,13H2,1-5H3,(H,20,22);2-6H,1H3;1H. The molecule has 0 aliphatic carbocycles. The van der Waals surface area contributed by atoms with Crippen LogP contribution in [-0.2, 0) is 15.7 Å². The van der Waals surface area contributed by atoms with Crippen LogP contribution >= 0.6 is 0 Å². The molecule has 1 unspecified atom stereocenters. The molecule has 1 atom stereocenters. The predicted molar refractivity (Wildman–Crippen MR) is 137 cm³/mol. The van der Waals surface area contributed by atoms with Gasteiger partial charge in [-0.05, 0) is 57.9 Å². The van der Waals surface area contributed by atoms with Crippen LogP contribution in [0.25, 0.3) is 11.0 Å². The van der Waals surface area contributed by atoms with Crippen LogP contribution in [0.3, 0.4) is 0 Å². The minimum absolute atomic E-state index is 0. The van der Waals surface area contributed by atoms with Gasteiger partial charge in [-0.3, -0.25) is 0 Å². The fourth-order valence-electron chi connectivity index (χ4n) is 2.98. The van der Waals surface area contributed by atoms with Crippen molar-refractivity contribution in [2.45, 2.75) is 52.0 Å². The minimum Gasteiger partial charge on any atom is -0.464 e. The summed E-state index contributed by atoms with van der Waals surface area (Å²) in [6.45, 7) is 13.2. The maximum atomic E-state index is 13.0. The van der Waals surface area contributed by atoms with Crippen LogP contribution in [0.2, 0.25) is 0 Å². The van der Waals surface area contributed by atoms with Gasteiger partial charge in [-0.15, -0.1) is 0 Å². The monoisotopic (exact) mass is 474 g/mol. The minimum atomic E-state index is -1.32. The summed E-state index contributed by atoms with van der Waals surface area (Å²) in [5, 5.41) is 3.65. The number of hydrogen-bond donors (Lipinski definition) is 1. The van der Waals surface area contributed by atoms with E-state index in [-0.39, 0.29) is 1.43 Å². The Kier molecular flexibility index (Phi) is 10.1. The average molecular weight is 475 g/mol. The lowest BCUT2D eigenvalue weighted by molar-refractivity contribution is 0.0525. The van der Waals surface area contributed by atoms with Crippen molar-refractivity contribution in [3.63, 3.8) is 0 Å². The van der Waals surface area contributed by atoms with Gasteiger partial charge in [0, 0.05) is 26.4 Å². The summed E-state index contributed by atoms with van der Waals surface area (Å²) in [6.07, 6.45) is 1.15. The normalized spacial score (nSPS) is 12.4. The average Bonchev–Trinajstić information content (AvgIpc) is 3.20. The second-order valence-electron chi connectivity index (χ2n) is 9.23. The first-order chi connectivity index (χ1) is 15.5. The molecule has 0 bridgehead atoms. The predicted octanol–water partition coefficient (Wildman–Crippen LogP) is 6.18. The van der Waals surface area contributed by atoms with Crippen molar-refractivity contribution < 1.29 is 19.6 Å². The Morgan fingerprint density at radius 2 is 1.85 bits per heavy atom. The molecular formula is C26H38N2O4S. The molecule has 1 heterocycles. The molecule has 1 amide bonds. The van der Waals surface area contributed by atoms with Crippen molar-refractivity contribution in [1.29, 1.82) is 0 Å². The number of amides is 1. The molecule has 3 aromatic rings. The van der Waals surface area contributed by atoms with Gasteiger partial charge in [0.25, 0.3) is 0 Å². The molecule has 0 saturated heterocycles. The number of alkyl carbamates (subject to hydrolysis) is 1. The molecule has 1 aromatic heterocycles. The Balaban J connectivity index is 0.000000618. The van der Waals surface area contributed by atoms with E-state index in [2.05, 4.69) is 38.2 Å². The van der Waals surface area contributed by atoms with Crippen LogP contribution in [-0.4, -0.2) is 39.8 Å². The molecule has 33 heavy (non-hydrogen) atoms. The second-order valence-corrected chi connectivity index (χ2v) is 10.7. The summed E-state index contributed by atoms with van der Waals surface area (Å²) < 4.78 is 25.4. The quantitative estimate of drug-likeness (QED) is 0.444. The van der Waals surface area contributed by atoms with E-state index in [1.165, 1.54) is 5.56 Å². The van der Waals surface area contributed by atoms with E-state index in [4.69, 9.17) is 9.15 Å². The summed E-state index contributed by atoms with van der Waals surface area (Å²) in [7, 11) is -1.32. The highest BCUT2D eigenvalue weighted by atomic mass is 32.2. The van der Waals surface area contributed by atoms with E-state index >= 15 is 0 Å². The molecule has 0 radical (unpaired) electrons. The van der Waals surface area contributed by atoms with Crippen molar-refractivity contribution in [3.05, 3.63) is 66.4 Å². The van der Waals surface area contributed by atoms with E-state index in [9.17, 15) is 9.00 Å². The Hall–Kier alpha value is -2.64.